The van der Waals surface area contributed by atoms with E-state index in [0.29, 0.717) is 18.7 Å². The molecule has 0 bridgehead atoms. The molecule has 1 heterocycles. The lowest BCUT2D eigenvalue weighted by molar-refractivity contribution is -0.150. The smallest absolute Gasteiger partial charge is 0.332 e. The van der Waals surface area contributed by atoms with Crippen LogP contribution in [0.15, 0.2) is 23.1 Å². The lowest BCUT2D eigenvalue weighted by Gasteiger charge is -2.13. The summed E-state index contributed by atoms with van der Waals surface area (Å²) >= 11 is 0. The van der Waals surface area contributed by atoms with Crippen molar-refractivity contribution in [3.63, 3.8) is 0 Å². The third kappa shape index (κ3) is 3.71. The maximum absolute atomic E-state index is 11.7. The number of pyridine rings is 1. The van der Waals surface area contributed by atoms with Gasteiger partial charge in [0.15, 0.2) is 6.10 Å². The summed E-state index contributed by atoms with van der Waals surface area (Å²) in [6.07, 6.45) is 1.08. The minimum atomic E-state index is -0.993. The summed E-state index contributed by atoms with van der Waals surface area (Å²) in [5.74, 6) is -0.993. The Morgan fingerprint density at radius 3 is 2.88 bits per heavy atom. The number of carboxylic acids is 1. The van der Waals surface area contributed by atoms with Crippen molar-refractivity contribution in [1.82, 2.24) is 4.57 Å². The topological polar surface area (TPSA) is 68.5 Å². The predicted molar refractivity (Wildman–Crippen MR) is 63.1 cm³/mol. The van der Waals surface area contributed by atoms with Crippen LogP contribution in [0.4, 0.5) is 0 Å². The average Bonchev–Trinajstić information content (AvgIpc) is 2.29. The van der Waals surface area contributed by atoms with Crippen molar-refractivity contribution >= 4 is 5.97 Å². The van der Waals surface area contributed by atoms with Crippen LogP contribution >= 0.6 is 0 Å². The average molecular weight is 239 g/mol. The first-order chi connectivity index (χ1) is 8.06. The van der Waals surface area contributed by atoms with Crippen LogP contribution in [-0.2, 0) is 16.1 Å². The van der Waals surface area contributed by atoms with Crippen molar-refractivity contribution in [2.24, 2.45) is 0 Å². The number of aryl methyl sites for hydroxylation is 2. The third-order valence-corrected chi connectivity index (χ3v) is 2.49. The van der Waals surface area contributed by atoms with Crippen molar-refractivity contribution in [2.75, 3.05) is 6.61 Å². The second-order valence-corrected chi connectivity index (χ2v) is 3.76. The molecule has 0 aliphatic rings. The van der Waals surface area contributed by atoms with E-state index in [1.54, 1.807) is 32.2 Å². The summed E-state index contributed by atoms with van der Waals surface area (Å²) in [5.41, 5.74) is 0.559. The van der Waals surface area contributed by atoms with Gasteiger partial charge in [0.1, 0.15) is 0 Å². The highest BCUT2D eigenvalue weighted by molar-refractivity contribution is 5.72. The number of nitrogens with zero attached hydrogens (tertiary/aromatic N) is 1. The Bertz CT molecular complexity index is 438. The Balaban J connectivity index is 2.69. The van der Waals surface area contributed by atoms with E-state index in [4.69, 9.17) is 9.84 Å². The molecule has 1 unspecified atom stereocenters. The highest BCUT2D eigenvalue weighted by Gasteiger charge is 2.17. The molecule has 1 aromatic rings. The Kier molecular flexibility index (Phi) is 4.90. The van der Waals surface area contributed by atoms with Crippen LogP contribution in [0, 0.1) is 6.92 Å². The van der Waals surface area contributed by atoms with E-state index in [0.717, 1.165) is 0 Å². The van der Waals surface area contributed by atoms with E-state index in [9.17, 15) is 9.59 Å². The molecular weight excluding hydrogens is 222 g/mol. The van der Waals surface area contributed by atoms with Gasteiger partial charge in [-0.3, -0.25) is 4.79 Å². The van der Waals surface area contributed by atoms with Crippen LogP contribution in [-0.4, -0.2) is 28.4 Å². The fourth-order valence-corrected chi connectivity index (χ4v) is 1.57. The zero-order chi connectivity index (χ0) is 12.8. The summed E-state index contributed by atoms with van der Waals surface area (Å²) in [4.78, 5) is 22.5. The van der Waals surface area contributed by atoms with Gasteiger partial charge in [0, 0.05) is 31.3 Å². The number of hydrogen-bond acceptors (Lipinski definition) is 3. The molecular formula is C12H17NO4. The first kappa shape index (κ1) is 13.4. The molecule has 0 saturated carbocycles. The number of ether oxygens (including phenoxy) is 1. The quantitative estimate of drug-likeness (QED) is 0.805. The van der Waals surface area contributed by atoms with Gasteiger partial charge in [-0.25, -0.2) is 4.79 Å². The van der Waals surface area contributed by atoms with Gasteiger partial charge in [-0.1, -0.05) is 6.07 Å². The Morgan fingerprint density at radius 1 is 1.59 bits per heavy atom. The van der Waals surface area contributed by atoms with Gasteiger partial charge in [-0.2, -0.15) is 0 Å². The molecule has 0 radical (unpaired) electrons. The number of hydrogen-bond donors (Lipinski definition) is 1. The van der Waals surface area contributed by atoms with E-state index < -0.39 is 12.1 Å². The molecule has 0 aliphatic heterocycles. The van der Waals surface area contributed by atoms with Gasteiger partial charge in [-0.05, 0) is 19.9 Å². The highest BCUT2D eigenvalue weighted by Crippen LogP contribution is 2.01. The van der Waals surface area contributed by atoms with Gasteiger partial charge in [0.05, 0.1) is 0 Å². The van der Waals surface area contributed by atoms with Gasteiger partial charge >= 0.3 is 5.97 Å². The summed E-state index contributed by atoms with van der Waals surface area (Å²) in [5, 5.41) is 8.89. The maximum atomic E-state index is 11.7. The summed E-state index contributed by atoms with van der Waals surface area (Å²) in [6.45, 7) is 4.17. The maximum Gasteiger partial charge on any atom is 0.332 e. The van der Waals surface area contributed by atoms with Gasteiger partial charge in [0.25, 0.3) is 5.56 Å². The summed E-state index contributed by atoms with van der Waals surface area (Å²) in [7, 11) is 0. The SMILES string of the molecule is CCOC(CCn1cccc(C)c1=O)C(=O)O. The van der Waals surface area contributed by atoms with Crippen molar-refractivity contribution in [3.8, 4) is 0 Å². The molecule has 17 heavy (non-hydrogen) atoms. The van der Waals surface area contributed by atoms with Crippen molar-refractivity contribution < 1.29 is 14.6 Å². The minimum Gasteiger partial charge on any atom is -0.479 e. The van der Waals surface area contributed by atoms with Crippen LogP contribution in [0.3, 0.4) is 0 Å². The van der Waals surface area contributed by atoms with Crippen molar-refractivity contribution in [1.29, 1.82) is 0 Å². The van der Waals surface area contributed by atoms with Crippen molar-refractivity contribution in [2.45, 2.75) is 32.9 Å². The Labute approximate surface area is 99.6 Å². The molecule has 0 fully saturated rings. The second-order valence-electron chi connectivity index (χ2n) is 3.76. The first-order valence-electron chi connectivity index (χ1n) is 5.56. The molecule has 0 aromatic carbocycles. The molecule has 0 saturated heterocycles. The van der Waals surface area contributed by atoms with E-state index in [-0.39, 0.29) is 12.0 Å². The molecule has 1 N–H and O–H groups in total. The normalized spacial score (nSPS) is 12.4. The fourth-order valence-electron chi connectivity index (χ4n) is 1.57. The molecule has 94 valence electrons. The van der Waals surface area contributed by atoms with E-state index in [2.05, 4.69) is 0 Å². The predicted octanol–water partition coefficient (Wildman–Crippen LogP) is 1.04. The fraction of sp³-hybridized carbons (Fsp3) is 0.500. The lowest BCUT2D eigenvalue weighted by atomic mass is 10.2. The second kappa shape index (κ2) is 6.20. The zero-order valence-corrected chi connectivity index (χ0v) is 10.0. The highest BCUT2D eigenvalue weighted by atomic mass is 16.5. The van der Waals surface area contributed by atoms with Crippen LogP contribution < -0.4 is 5.56 Å². The molecule has 1 rings (SSSR count). The number of carboxylic acid groups (broad SMARTS) is 1. The molecule has 1 aromatic heterocycles. The Hall–Kier alpha value is -1.62. The van der Waals surface area contributed by atoms with Crippen LogP contribution in [0.1, 0.15) is 18.9 Å². The van der Waals surface area contributed by atoms with Crippen LogP contribution in [0.5, 0.6) is 0 Å². The van der Waals surface area contributed by atoms with E-state index >= 15 is 0 Å². The minimum absolute atomic E-state index is 0.0897. The zero-order valence-electron chi connectivity index (χ0n) is 10.0. The molecule has 5 nitrogen and oxygen atoms in total. The number of rotatable bonds is 6. The van der Waals surface area contributed by atoms with E-state index in [1.807, 2.05) is 0 Å². The van der Waals surface area contributed by atoms with E-state index in [1.165, 1.54) is 4.57 Å². The monoisotopic (exact) mass is 239 g/mol. The third-order valence-electron chi connectivity index (χ3n) is 2.49. The molecule has 0 aliphatic carbocycles. The first-order valence-corrected chi connectivity index (χ1v) is 5.56. The number of carbonyl (C=O) groups is 1. The number of aromatic nitrogens is 1. The number of aliphatic carboxylic acids is 1. The largest absolute Gasteiger partial charge is 0.479 e. The summed E-state index contributed by atoms with van der Waals surface area (Å²) < 4.78 is 6.58. The Morgan fingerprint density at radius 2 is 2.29 bits per heavy atom. The van der Waals surface area contributed by atoms with Crippen LogP contribution in [0.2, 0.25) is 0 Å². The summed E-state index contributed by atoms with van der Waals surface area (Å²) in [6, 6.07) is 3.50. The van der Waals surface area contributed by atoms with Gasteiger partial charge < -0.3 is 14.4 Å². The van der Waals surface area contributed by atoms with Gasteiger partial charge in [0.2, 0.25) is 0 Å². The van der Waals surface area contributed by atoms with Crippen molar-refractivity contribution in [3.05, 3.63) is 34.2 Å². The van der Waals surface area contributed by atoms with Crippen LogP contribution in [0.25, 0.3) is 0 Å². The lowest BCUT2D eigenvalue weighted by Crippen LogP contribution is -2.28. The molecule has 5 heteroatoms. The molecule has 1 atom stereocenters. The molecule has 0 amide bonds. The molecule has 0 spiro atoms. The van der Waals surface area contributed by atoms with Gasteiger partial charge in [-0.15, -0.1) is 0 Å². The standard InChI is InChI=1S/C12H17NO4/c1-3-17-10(12(15)16)6-8-13-7-4-5-9(2)11(13)14/h4-5,7,10H,3,6,8H2,1-2H3,(H,15,16).